The molecule has 2 atom stereocenters. The molecule has 0 spiro atoms. The second-order valence-corrected chi connectivity index (χ2v) is 4.09. The Morgan fingerprint density at radius 3 is 2.60 bits per heavy atom. The van der Waals surface area contributed by atoms with Crippen LogP contribution in [0, 0.1) is 13.8 Å². The fourth-order valence-electron chi connectivity index (χ4n) is 1.47. The highest BCUT2D eigenvalue weighted by molar-refractivity contribution is 5.38. The second kappa shape index (κ2) is 5.17. The monoisotopic (exact) mass is 207 g/mol. The second-order valence-electron chi connectivity index (χ2n) is 4.09. The summed E-state index contributed by atoms with van der Waals surface area (Å²) in [5, 5.41) is 0. The van der Waals surface area contributed by atoms with Crippen molar-refractivity contribution in [3.63, 3.8) is 0 Å². The molecule has 84 valence electrons. The molecule has 2 nitrogen and oxygen atoms in total. The molecule has 0 aliphatic carbocycles. The Kier molecular flexibility index (Phi) is 4.15. The molecule has 2 N–H and O–H groups in total. The number of ether oxygens (including phenoxy) is 1. The number of benzene rings is 1. The van der Waals surface area contributed by atoms with Crippen molar-refractivity contribution in [2.75, 3.05) is 0 Å². The van der Waals surface area contributed by atoms with Gasteiger partial charge in [0.25, 0.3) is 0 Å². The van der Waals surface area contributed by atoms with Crippen LogP contribution in [0.25, 0.3) is 0 Å². The van der Waals surface area contributed by atoms with E-state index in [0.29, 0.717) is 0 Å². The number of aryl methyl sites for hydroxylation is 1. The van der Waals surface area contributed by atoms with Crippen molar-refractivity contribution in [3.8, 4) is 5.75 Å². The van der Waals surface area contributed by atoms with E-state index in [2.05, 4.69) is 26.8 Å². The number of rotatable bonds is 4. The molecule has 15 heavy (non-hydrogen) atoms. The summed E-state index contributed by atoms with van der Waals surface area (Å²) in [6.45, 7) is 8.27. The van der Waals surface area contributed by atoms with Crippen molar-refractivity contribution < 1.29 is 4.74 Å². The van der Waals surface area contributed by atoms with E-state index >= 15 is 0 Å². The first-order valence-corrected chi connectivity index (χ1v) is 5.54. The Morgan fingerprint density at radius 2 is 2.00 bits per heavy atom. The van der Waals surface area contributed by atoms with Gasteiger partial charge in [-0.2, -0.15) is 0 Å². The van der Waals surface area contributed by atoms with E-state index in [1.165, 1.54) is 11.1 Å². The van der Waals surface area contributed by atoms with E-state index in [9.17, 15) is 0 Å². The van der Waals surface area contributed by atoms with Gasteiger partial charge >= 0.3 is 0 Å². The lowest BCUT2D eigenvalue weighted by Crippen LogP contribution is -2.36. The SMILES string of the molecule is CCC(N)C(C)Oc1cccc(C)c1C. The van der Waals surface area contributed by atoms with Crippen molar-refractivity contribution in [1.29, 1.82) is 0 Å². The van der Waals surface area contributed by atoms with Crippen LogP contribution in [0.1, 0.15) is 31.4 Å². The van der Waals surface area contributed by atoms with E-state index < -0.39 is 0 Å². The van der Waals surface area contributed by atoms with Gasteiger partial charge in [-0.25, -0.2) is 0 Å². The van der Waals surface area contributed by atoms with Gasteiger partial charge in [0.05, 0.1) is 0 Å². The van der Waals surface area contributed by atoms with Gasteiger partial charge in [-0.05, 0) is 44.4 Å². The smallest absolute Gasteiger partial charge is 0.122 e. The molecular weight excluding hydrogens is 186 g/mol. The first-order chi connectivity index (χ1) is 7.06. The minimum absolute atomic E-state index is 0.0653. The Morgan fingerprint density at radius 1 is 1.33 bits per heavy atom. The minimum atomic E-state index is 0.0653. The van der Waals surface area contributed by atoms with Gasteiger partial charge in [0.15, 0.2) is 0 Å². The topological polar surface area (TPSA) is 35.2 Å². The van der Waals surface area contributed by atoms with E-state index in [1.807, 2.05) is 19.1 Å². The van der Waals surface area contributed by atoms with Crippen molar-refractivity contribution in [2.45, 2.75) is 46.3 Å². The average molecular weight is 207 g/mol. The van der Waals surface area contributed by atoms with Gasteiger partial charge in [0.1, 0.15) is 11.9 Å². The molecule has 1 aromatic rings. The summed E-state index contributed by atoms with van der Waals surface area (Å²) in [6.07, 6.45) is 1.00. The Bertz CT molecular complexity index is 322. The molecule has 0 saturated carbocycles. The van der Waals surface area contributed by atoms with Crippen LogP contribution in [0.15, 0.2) is 18.2 Å². The normalized spacial score (nSPS) is 14.7. The van der Waals surface area contributed by atoms with E-state index in [1.54, 1.807) is 0 Å². The molecule has 2 unspecified atom stereocenters. The summed E-state index contributed by atoms with van der Waals surface area (Å²) >= 11 is 0. The zero-order valence-electron chi connectivity index (χ0n) is 10.1. The van der Waals surface area contributed by atoms with E-state index in [-0.39, 0.29) is 12.1 Å². The molecule has 0 saturated heterocycles. The van der Waals surface area contributed by atoms with Crippen LogP contribution >= 0.6 is 0 Å². The maximum absolute atomic E-state index is 5.93. The molecule has 0 aliphatic heterocycles. The van der Waals surface area contributed by atoms with Gasteiger partial charge < -0.3 is 10.5 Å². The maximum atomic E-state index is 5.93. The molecule has 0 amide bonds. The Labute approximate surface area is 92.4 Å². The van der Waals surface area contributed by atoms with Crippen LogP contribution in [-0.4, -0.2) is 12.1 Å². The summed E-state index contributed by atoms with van der Waals surface area (Å²) in [7, 11) is 0. The molecule has 0 aromatic heterocycles. The van der Waals surface area contributed by atoms with Crippen molar-refractivity contribution >= 4 is 0 Å². The molecule has 0 heterocycles. The highest BCUT2D eigenvalue weighted by Gasteiger charge is 2.13. The summed E-state index contributed by atoms with van der Waals surface area (Å²) in [6, 6.07) is 6.21. The van der Waals surface area contributed by atoms with Crippen LogP contribution in [0.3, 0.4) is 0 Å². The van der Waals surface area contributed by atoms with Gasteiger partial charge in [-0.3, -0.25) is 0 Å². The number of hydrogen-bond acceptors (Lipinski definition) is 2. The molecule has 0 bridgehead atoms. The van der Waals surface area contributed by atoms with Crippen LogP contribution < -0.4 is 10.5 Å². The fraction of sp³-hybridized carbons (Fsp3) is 0.538. The number of hydrogen-bond donors (Lipinski definition) is 1. The van der Waals surface area contributed by atoms with Crippen LogP contribution in [-0.2, 0) is 0 Å². The Hall–Kier alpha value is -1.02. The third kappa shape index (κ3) is 2.96. The van der Waals surface area contributed by atoms with Crippen molar-refractivity contribution in [3.05, 3.63) is 29.3 Å². The fourth-order valence-corrected chi connectivity index (χ4v) is 1.47. The van der Waals surface area contributed by atoms with Crippen molar-refractivity contribution in [2.24, 2.45) is 5.73 Å². The number of nitrogens with two attached hydrogens (primary N) is 1. The molecule has 0 fully saturated rings. The zero-order chi connectivity index (χ0) is 11.4. The summed E-state index contributed by atoms with van der Waals surface area (Å²) < 4.78 is 5.85. The van der Waals surface area contributed by atoms with Crippen LogP contribution in [0.5, 0.6) is 5.75 Å². The minimum Gasteiger partial charge on any atom is -0.489 e. The van der Waals surface area contributed by atoms with Gasteiger partial charge in [0.2, 0.25) is 0 Å². The molecule has 2 heteroatoms. The Balaban J connectivity index is 2.76. The van der Waals surface area contributed by atoms with Gasteiger partial charge in [0, 0.05) is 6.04 Å². The van der Waals surface area contributed by atoms with Gasteiger partial charge in [-0.15, -0.1) is 0 Å². The van der Waals surface area contributed by atoms with Crippen LogP contribution in [0.2, 0.25) is 0 Å². The standard InChI is InChI=1S/C13H21NO/c1-5-12(14)11(4)15-13-8-6-7-9(2)10(13)3/h6-8,11-12H,5,14H2,1-4H3. The summed E-state index contributed by atoms with van der Waals surface area (Å²) in [5.74, 6) is 0.950. The van der Waals surface area contributed by atoms with Crippen LogP contribution in [0.4, 0.5) is 0 Å². The lowest BCUT2D eigenvalue weighted by Gasteiger charge is -2.21. The van der Waals surface area contributed by atoms with Crippen molar-refractivity contribution in [1.82, 2.24) is 0 Å². The quantitative estimate of drug-likeness (QED) is 0.824. The third-order valence-electron chi connectivity index (χ3n) is 2.94. The molecule has 0 radical (unpaired) electrons. The molecule has 1 aromatic carbocycles. The summed E-state index contributed by atoms with van der Waals surface area (Å²) in [5.41, 5.74) is 8.38. The maximum Gasteiger partial charge on any atom is 0.122 e. The zero-order valence-corrected chi connectivity index (χ0v) is 10.1. The van der Waals surface area contributed by atoms with E-state index in [4.69, 9.17) is 10.5 Å². The predicted molar refractivity (Wildman–Crippen MR) is 64.3 cm³/mol. The first-order valence-electron chi connectivity index (χ1n) is 5.54. The summed E-state index contributed by atoms with van der Waals surface area (Å²) in [4.78, 5) is 0. The van der Waals surface area contributed by atoms with E-state index in [0.717, 1.165) is 12.2 Å². The molecule has 1 rings (SSSR count). The lowest BCUT2D eigenvalue weighted by molar-refractivity contribution is 0.186. The third-order valence-corrected chi connectivity index (χ3v) is 2.94. The average Bonchev–Trinajstić information content (AvgIpc) is 2.23. The highest BCUT2D eigenvalue weighted by atomic mass is 16.5. The largest absolute Gasteiger partial charge is 0.489 e. The molecular formula is C13H21NO. The van der Waals surface area contributed by atoms with Gasteiger partial charge in [-0.1, -0.05) is 19.1 Å². The predicted octanol–water partition coefficient (Wildman–Crippen LogP) is 2.81. The highest BCUT2D eigenvalue weighted by Crippen LogP contribution is 2.22. The molecule has 0 aliphatic rings. The lowest BCUT2D eigenvalue weighted by atomic mass is 10.1. The first kappa shape index (κ1) is 12.1.